The summed E-state index contributed by atoms with van der Waals surface area (Å²) >= 11 is 0. The van der Waals surface area contributed by atoms with Crippen molar-refractivity contribution in [2.24, 2.45) is 0 Å². The van der Waals surface area contributed by atoms with E-state index >= 15 is 0 Å². The number of nitrogen functional groups attached to an aromatic ring is 1. The number of anilines is 2. The molecule has 19 heavy (non-hydrogen) atoms. The molecule has 0 saturated carbocycles. The van der Waals surface area contributed by atoms with Crippen LogP contribution in [0, 0.1) is 0 Å². The Morgan fingerprint density at radius 1 is 1.26 bits per heavy atom. The zero-order valence-corrected chi connectivity index (χ0v) is 12.6. The molecule has 6 heteroatoms. The molecule has 1 radical (unpaired) electrons. The molecule has 0 aromatic heterocycles. The van der Waals surface area contributed by atoms with Gasteiger partial charge in [-0.2, -0.15) is 0 Å². The molecular formula is C13H22N3O2S. The summed E-state index contributed by atoms with van der Waals surface area (Å²) in [6, 6.07) is 5.86. The average molecular weight is 284 g/mol. The molecule has 0 amide bonds. The number of benzene rings is 1. The average Bonchev–Trinajstić information content (AvgIpc) is 2.32. The maximum absolute atomic E-state index is 11.0. The quantitative estimate of drug-likeness (QED) is 0.764. The van der Waals surface area contributed by atoms with E-state index in [1.54, 1.807) is 0 Å². The molecule has 0 heterocycles. The summed E-state index contributed by atoms with van der Waals surface area (Å²) in [6.45, 7) is 6.28. The molecule has 0 aliphatic rings. The minimum absolute atomic E-state index is 0.241. The first-order chi connectivity index (χ1) is 8.87. The second-order valence-electron chi connectivity index (χ2n) is 4.39. The fourth-order valence-electron chi connectivity index (χ4n) is 1.93. The van der Waals surface area contributed by atoms with E-state index in [4.69, 9.17) is 5.73 Å². The van der Waals surface area contributed by atoms with Crippen molar-refractivity contribution in [3.05, 3.63) is 23.8 Å². The van der Waals surface area contributed by atoms with E-state index in [0.717, 1.165) is 30.6 Å². The van der Waals surface area contributed by atoms with E-state index in [1.807, 2.05) is 18.2 Å². The van der Waals surface area contributed by atoms with Gasteiger partial charge < -0.3 is 10.6 Å². The maximum atomic E-state index is 11.0. The molecule has 0 spiro atoms. The van der Waals surface area contributed by atoms with E-state index in [-0.39, 0.29) is 6.54 Å². The van der Waals surface area contributed by atoms with Crippen LogP contribution < -0.4 is 15.4 Å². The number of rotatable bonds is 7. The molecule has 0 saturated heterocycles. The van der Waals surface area contributed by atoms with Gasteiger partial charge in [-0.05, 0) is 44.0 Å². The Bertz CT molecular complexity index is 511. The van der Waals surface area contributed by atoms with Crippen molar-refractivity contribution in [3.63, 3.8) is 0 Å². The van der Waals surface area contributed by atoms with Crippen LogP contribution in [0.5, 0.6) is 0 Å². The van der Waals surface area contributed by atoms with Crippen molar-refractivity contribution in [2.75, 3.05) is 36.5 Å². The second kappa shape index (κ2) is 6.77. The monoisotopic (exact) mass is 284 g/mol. The number of hydrogen-bond donors (Lipinski definition) is 1. The molecule has 107 valence electrons. The lowest BCUT2D eigenvalue weighted by atomic mass is 10.1. The lowest BCUT2D eigenvalue weighted by Gasteiger charge is -2.22. The van der Waals surface area contributed by atoms with Crippen LogP contribution in [0.15, 0.2) is 18.2 Å². The Morgan fingerprint density at radius 2 is 1.89 bits per heavy atom. The third-order valence-corrected chi connectivity index (χ3v) is 3.61. The van der Waals surface area contributed by atoms with Crippen LogP contribution in [0.3, 0.4) is 0 Å². The van der Waals surface area contributed by atoms with Gasteiger partial charge in [0.25, 0.3) is 0 Å². The number of nitrogens with two attached hydrogens (primary N) is 1. The Balaban J connectivity index is 2.80. The summed E-state index contributed by atoms with van der Waals surface area (Å²) in [4.78, 5) is 2.22. The van der Waals surface area contributed by atoms with Gasteiger partial charge in [-0.15, -0.1) is 4.72 Å². The third kappa shape index (κ3) is 5.08. The second-order valence-corrected chi connectivity index (χ2v) is 6.12. The fourth-order valence-corrected chi connectivity index (χ4v) is 2.35. The Hall–Kier alpha value is -1.27. The lowest BCUT2D eigenvalue weighted by Crippen LogP contribution is -2.22. The van der Waals surface area contributed by atoms with Gasteiger partial charge >= 0.3 is 0 Å². The zero-order valence-electron chi connectivity index (χ0n) is 11.8. The topological polar surface area (TPSA) is 77.5 Å². The van der Waals surface area contributed by atoms with Gasteiger partial charge in [0.2, 0.25) is 10.0 Å². The fraction of sp³-hybridized carbons (Fsp3) is 0.538. The molecule has 5 nitrogen and oxygen atoms in total. The molecule has 1 aromatic rings. The maximum Gasteiger partial charge on any atom is 0.225 e. The van der Waals surface area contributed by atoms with Crippen LogP contribution in [0.1, 0.15) is 19.4 Å². The van der Waals surface area contributed by atoms with E-state index < -0.39 is 10.0 Å². The van der Waals surface area contributed by atoms with E-state index in [2.05, 4.69) is 23.5 Å². The van der Waals surface area contributed by atoms with Crippen molar-refractivity contribution in [2.45, 2.75) is 20.3 Å². The molecule has 0 aliphatic carbocycles. The standard InChI is InChI=1S/C13H22N3O2S/c1-4-16(5-2)12-6-7-13(14)11(10-12)8-9-15-19(3,17)18/h6-7,10H,4-5,8-9,14H2,1-3H3. The van der Waals surface area contributed by atoms with E-state index in [0.29, 0.717) is 12.1 Å². The van der Waals surface area contributed by atoms with E-state index in [1.165, 1.54) is 0 Å². The first-order valence-electron chi connectivity index (χ1n) is 6.39. The predicted octanol–water partition coefficient (Wildman–Crippen LogP) is 1.22. The zero-order chi connectivity index (χ0) is 14.5. The lowest BCUT2D eigenvalue weighted by molar-refractivity contribution is 0.586. The molecular weight excluding hydrogens is 262 g/mol. The highest BCUT2D eigenvalue weighted by Gasteiger charge is 2.08. The van der Waals surface area contributed by atoms with Gasteiger partial charge in [-0.25, -0.2) is 8.42 Å². The highest BCUT2D eigenvalue weighted by Crippen LogP contribution is 2.21. The summed E-state index contributed by atoms with van der Waals surface area (Å²) < 4.78 is 25.5. The number of nitrogens with zero attached hydrogens (tertiary/aromatic N) is 2. The molecule has 2 N–H and O–H groups in total. The summed E-state index contributed by atoms with van der Waals surface area (Å²) in [7, 11) is -3.27. The molecule has 0 fully saturated rings. The summed E-state index contributed by atoms with van der Waals surface area (Å²) in [5.41, 5.74) is 8.64. The van der Waals surface area contributed by atoms with E-state index in [9.17, 15) is 8.42 Å². The molecule has 1 aromatic carbocycles. The van der Waals surface area contributed by atoms with Crippen molar-refractivity contribution in [1.29, 1.82) is 0 Å². The van der Waals surface area contributed by atoms with Gasteiger partial charge in [-0.3, -0.25) is 0 Å². The van der Waals surface area contributed by atoms with Crippen LogP contribution in [0.2, 0.25) is 0 Å². The predicted molar refractivity (Wildman–Crippen MR) is 80.0 cm³/mol. The Labute approximate surface area is 115 Å². The molecule has 1 rings (SSSR count). The number of sulfonamides is 1. The largest absolute Gasteiger partial charge is 0.399 e. The summed E-state index contributed by atoms with van der Waals surface area (Å²) in [6.07, 6.45) is 1.64. The van der Waals surface area contributed by atoms with Crippen LogP contribution >= 0.6 is 0 Å². The van der Waals surface area contributed by atoms with Gasteiger partial charge in [0, 0.05) is 31.0 Å². The van der Waals surface area contributed by atoms with Gasteiger partial charge in [0.1, 0.15) is 0 Å². The minimum Gasteiger partial charge on any atom is -0.399 e. The molecule has 0 aliphatic heterocycles. The molecule has 0 atom stereocenters. The Morgan fingerprint density at radius 3 is 2.42 bits per heavy atom. The Kier molecular flexibility index (Phi) is 5.62. The van der Waals surface area contributed by atoms with Crippen molar-refractivity contribution in [3.8, 4) is 0 Å². The summed E-state index contributed by atoms with van der Waals surface area (Å²) in [5.74, 6) is 0. The number of hydrogen-bond acceptors (Lipinski definition) is 4. The van der Waals surface area contributed by atoms with Crippen LogP contribution in [0.25, 0.3) is 0 Å². The van der Waals surface area contributed by atoms with Crippen LogP contribution in [-0.2, 0) is 16.4 Å². The van der Waals surface area contributed by atoms with Gasteiger partial charge in [0.05, 0.1) is 6.26 Å². The van der Waals surface area contributed by atoms with Crippen molar-refractivity contribution in [1.82, 2.24) is 4.72 Å². The smallest absolute Gasteiger partial charge is 0.225 e. The van der Waals surface area contributed by atoms with Crippen molar-refractivity contribution >= 4 is 21.4 Å². The third-order valence-electron chi connectivity index (χ3n) is 2.96. The van der Waals surface area contributed by atoms with Gasteiger partial charge in [0.15, 0.2) is 0 Å². The first-order valence-corrected chi connectivity index (χ1v) is 8.24. The SMILES string of the molecule is CCN(CC)c1ccc(N)c(CC[N]S(C)(=O)=O)c1. The summed E-state index contributed by atoms with van der Waals surface area (Å²) in [5, 5.41) is 0. The normalized spacial score (nSPS) is 11.5. The van der Waals surface area contributed by atoms with Crippen LogP contribution in [0.4, 0.5) is 11.4 Å². The molecule has 0 unspecified atom stereocenters. The van der Waals surface area contributed by atoms with Gasteiger partial charge in [-0.1, -0.05) is 0 Å². The minimum atomic E-state index is -3.27. The van der Waals surface area contributed by atoms with Crippen molar-refractivity contribution < 1.29 is 8.42 Å². The first kappa shape index (κ1) is 15.8. The highest BCUT2D eigenvalue weighted by atomic mass is 32.2. The molecule has 0 bridgehead atoms. The highest BCUT2D eigenvalue weighted by molar-refractivity contribution is 7.88. The van der Waals surface area contributed by atoms with Crippen LogP contribution in [-0.4, -0.2) is 34.3 Å².